The summed E-state index contributed by atoms with van der Waals surface area (Å²) in [7, 11) is 0. The van der Waals surface area contributed by atoms with Gasteiger partial charge in [0, 0.05) is 6.92 Å². The van der Waals surface area contributed by atoms with Crippen molar-refractivity contribution < 1.29 is 9.59 Å². The summed E-state index contributed by atoms with van der Waals surface area (Å²) in [5.74, 6) is -0.192. The molecule has 1 atom stereocenters. The highest BCUT2D eigenvalue weighted by Crippen LogP contribution is 1.81. The molecule has 1 N–H and O–H groups in total. The number of Topliss-reactive ketones (excluding diaryl/α,β-unsaturated/α-hetero) is 1. The predicted molar refractivity (Wildman–Crippen MR) is 34.0 cm³/mol. The molecule has 0 aromatic rings. The lowest BCUT2D eigenvalue weighted by Gasteiger charge is -2.06. The molecule has 0 saturated heterocycles. The summed E-state index contributed by atoms with van der Waals surface area (Å²) in [6.45, 7) is 4.49. The predicted octanol–water partition coefficient (Wildman–Crippen LogP) is 0.100. The molecular formula is C6H11NO2. The fourth-order valence-corrected chi connectivity index (χ4v) is 0.407. The molecule has 0 aliphatic heterocycles. The first-order valence-electron chi connectivity index (χ1n) is 2.81. The van der Waals surface area contributed by atoms with E-state index in [-0.39, 0.29) is 17.7 Å². The number of rotatable bonds is 2. The van der Waals surface area contributed by atoms with E-state index in [0.717, 1.165) is 0 Å². The van der Waals surface area contributed by atoms with Crippen LogP contribution in [0.3, 0.4) is 0 Å². The van der Waals surface area contributed by atoms with Crippen LogP contribution in [0.4, 0.5) is 0 Å². The number of hydrogen-bond acceptors (Lipinski definition) is 2. The highest BCUT2D eigenvalue weighted by molar-refractivity contribution is 5.86. The largest absolute Gasteiger partial charge is 0.347 e. The Kier molecular flexibility index (Phi) is 2.91. The third-order valence-corrected chi connectivity index (χ3v) is 1.03. The van der Waals surface area contributed by atoms with Crippen LogP contribution in [0.15, 0.2) is 0 Å². The minimum atomic E-state index is -0.345. The Hall–Kier alpha value is -0.860. The van der Waals surface area contributed by atoms with Crippen LogP contribution in [0.2, 0.25) is 0 Å². The first kappa shape index (κ1) is 8.14. The lowest BCUT2D eigenvalue weighted by molar-refractivity contribution is -0.125. The maximum atomic E-state index is 10.5. The Balaban J connectivity index is 3.63. The number of carbonyl (C=O) groups excluding carboxylic acids is 2. The zero-order chi connectivity index (χ0) is 7.44. The van der Waals surface area contributed by atoms with Gasteiger partial charge in [-0.05, 0) is 13.8 Å². The second-order valence-corrected chi connectivity index (χ2v) is 2.03. The van der Waals surface area contributed by atoms with Gasteiger partial charge < -0.3 is 5.32 Å². The summed E-state index contributed by atoms with van der Waals surface area (Å²) in [5, 5.41) is 2.45. The third kappa shape index (κ3) is 3.70. The summed E-state index contributed by atoms with van der Waals surface area (Å²) in [6.07, 6.45) is 0. The topological polar surface area (TPSA) is 46.2 Å². The van der Waals surface area contributed by atoms with Crippen LogP contribution in [-0.2, 0) is 9.59 Å². The van der Waals surface area contributed by atoms with Crippen molar-refractivity contribution in [2.75, 3.05) is 0 Å². The quantitative estimate of drug-likeness (QED) is 0.574. The maximum Gasteiger partial charge on any atom is 0.217 e. The Labute approximate surface area is 54.4 Å². The Morgan fingerprint density at radius 3 is 1.89 bits per heavy atom. The first-order valence-corrected chi connectivity index (χ1v) is 2.81. The van der Waals surface area contributed by atoms with Crippen LogP contribution in [0.1, 0.15) is 20.8 Å². The van der Waals surface area contributed by atoms with Crippen molar-refractivity contribution in [2.45, 2.75) is 26.8 Å². The van der Waals surface area contributed by atoms with Crippen LogP contribution in [0.5, 0.6) is 0 Å². The molecule has 0 aromatic carbocycles. The normalized spacial score (nSPS) is 12.3. The van der Waals surface area contributed by atoms with Crippen molar-refractivity contribution in [3.63, 3.8) is 0 Å². The minimum Gasteiger partial charge on any atom is -0.347 e. The molecule has 0 spiro atoms. The number of hydrogen-bond donors (Lipinski definition) is 1. The number of nitrogens with one attached hydrogen (secondary N) is 1. The molecule has 0 aromatic heterocycles. The molecule has 3 heteroatoms. The number of ketones is 1. The summed E-state index contributed by atoms with van der Waals surface area (Å²) < 4.78 is 0. The van der Waals surface area contributed by atoms with E-state index in [1.54, 1.807) is 6.92 Å². The average Bonchev–Trinajstić information content (AvgIpc) is 1.63. The number of carbonyl (C=O) groups is 2. The van der Waals surface area contributed by atoms with Crippen LogP contribution in [-0.4, -0.2) is 17.7 Å². The summed E-state index contributed by atoms with van der Waals surface area (Å²) in [6, 6.07) is -0.345. The molecule has 0 saturated carbocycles. The van der Waals surface area contributed by atoms with Crippen LogP contribution >= 0.6 is 0 Å². The van der Waals surface area contributed by atoms with Gasteiger partial charge in [-0.1, -0.05) is 0 Å². The minimum absolute atomic E-state index is 0.0230. The van der Waals surface area contributed by atoms with Gasteiger partial charge in [-0.2, -0.15) is 0 Å². The zero-order valence-electron chi connectivity index (χ0n) is 5.89. The smallest absolute Gasteiger partial charge is 0.217 e. The monoisotopic (exact) mass is 129 g/mol. The van der Waals surface area contributed by atoms with E-state index in [0.29, 0.717) is 0 Å². The lowest BCUT2D eigenvalue weighted by atomic mass is 10.2. The second kappa shape index (κ2) is 3.22. The molecule has 0 bridgehead atoms. The van der Waals surface area contributed by atoms with Gasteiger partial charge in [0.1, 0.15) is 0 Å². The van der Waals surface area contributed by atoms with Crippen LogP contribution in [0.25, 0.3) is 0 Å². The van der Waals surface area contributed by atoms with E-state index in [9.17, 15) is 9.59 Å². The fraction of sp³-hybridized carbons (Fsp3) is 0.667. The zero-order valence-corrected chi connectivity index (χ0v) is 5.89. The summed E-state index contributed by atoms with van der Waals surface area (Å²) >= 11 is 0. The average molecular weight is 129 g/mol. The van der Waals surface area contributed by atoms with E-state index < -0.39 is 0 Å². The highest BCUT2D eigenvalue weighted by atomic mass is 16.2. The van der Waals surface area contributed by atoms with Gasteiger partial charge in [0.2, 0.25) is 5.91 Å². The second-order valence-electron chi connectivity index (χ2n) is 2.03. The van der Waals surface area contributed by atoms with Gasteiger partial charge in [0.25, 0.3) is 0 Å². The van der Waals surface area contributed by atoms with Crippen molar-refractivity contribution in [1.82, 2.24) is 5.32 Å². The van der Waals surface area contributed by atoms with Crippen molar-refractivity contribution in [1.29, 1.82) is 0 Å². The Bertz CT molecular complexity index is 131. The molecule has 3 nitrogen and oxygen atoms in total. The van der Waals surface area contributed by atoms with E-state index in [1.807, 2.05) is 0 Å². The van der Waals surface area contributed by atoms with Gasteiger partial charge >= 0.3 is 0 Å². The van der Waals surface area contributed by atoms with Crippen molar-refractivity contribution in [3.8, 4) is 0 Å². The van der Waals surface area contributed by atoms with Crippen LogP contribution < -0.4 is 5.32 Å². The summed E-state index contributed by atoms with van der Waals surface area (Å²) in [4.78, 5) is 20.8. The molecule has 0 aliphatic rings. The lowest BCUT2D eigenvalue weighted by Crippen LogP contribution is -2.35. The van der Waals surface area contributed by atoms with Gasteiger partial charge in [-0.25, -0.2) is 0 Å². The molecule has 0 radical (unpaired) electrons. The van der Waals surface area contributed by atoms with Crippen LogP contribution in [0, 0.1) is 0 Å². The van der Waals surface area contributed by atoms with Gasteiger partial charge in [-0.3, -0.25) is 9.59 Å². The van der Waals surface area contributed by atoms with Crippen molar-refractivity contribution in [2.24, 2.45) is 0 Å². The molecule has 52 valence electrons. The van der Waals surface area contributed by atoms with E-state index in [2.05, 4.69) is 5.32 Å². The van der Waals surface area contributed by atoms with E-state index >= 15 is 0 Å². The third-order valence-electron chi connectivity index (χ3n) is 1.03. The SMILES string of the molecule is CC(=O)N[C@@H](C)C(C)=O. The molecule has 1 amide bonds. The molecule has 0 fully saturated rings. The molecule has 0 unspecified atom stereocenters. The van der Waals surface area contributed by atoms with Crippen molar-refractivity contribution in [3.05, 3.63) is 0 Å². The molecule has 9 heavy (non-hydrogen) atoms. The van der Waals surface area contributed by atoms with Gasteiger partial charge in [-0.15, -0.1) is 0 Å². The summed E-state index contributed by atoms with van der Waals surface area (Å²) in [5.41, 5.74) is 0. The molecule has 0 heterocycles. The molecular weight excluding hydrogens is 118 g/mol. The first-order chi connectivity index (χ1) is 4.04. The standard InChI is InChI=1S/C6H11NO2/c1-4(5(2)8)7-6(3)9/h4H,1-3H3,(H,7,9)/t4-/m0/s1. The van der Waals surface area contributed by atoms with Gasteiger partial charge in [0.15, 0.2) is 5.78 Å². The fourth-order valence-electron chi connectivity index (χ4n) is 0.407. The maximum absolute atomic E-state index is 10.5. The molecule has 0 rings (SSSR count). The van der Waals surface area contributed by atoms with E-state index in [4.69, 9.17) is 0 Å². The molecule has 0 aliphatic carbocycles. The highest BCUT2D eigenvalue weighted by Gasteiger charge is 2.06. The Morgan fingerprint density at radius 2 is 1.78 bits per heavy atom. The number of amides is 1. The van der Waals surface area contributed by atoms with E-state index in [1.165, 1.54) is 13.8 Å². The Morgan fingerprint density at radius 1 is 1.33 bits per heavy atom. The van der Waals surface area contributed by atoms with Crippen molar-refractivity contribution >= 4 is 11.7 Å². The van der Waals surface area contributed by atoms with Gasteiger partial charge in [0.05, 0.1) is 6.04 Å².